The molecular formula is C15H23NOS2. The predicted octanol–water partition coefficient (Wildman–Crippen LogP) is 3.18. The molecule has 1 aromatic rings. The van der Waals surface area contributed by atoms with Gasteiger partial charge in [-0.3, -0.25) is 4.79 Å². The molecule has 2 atom stereocenters. The summed E-state index contributed by atoms with van der Waals surface area (Å²) >= 11 is 6.31. The second-order valence-corrected chi connectivity index (χ2v) is 6.62. The lowest BCUT2D eigenvalue weighted by Crippen LogP contribution is -2.39. The summed E-state index contributed by atoms with van der Waals surface area (Å²) in [6, 6.07) is 10.2. The van der Waals surface area contributed by atoms with Gasteiger partial charge in [-0.25, -0.2) is 0 Å². The minimum Gasteiger partial charge on any atom is -0.353 e. The van der Waals surface area contributed by atoms with Crippen molar-refractivity contribution >= 4 is 30.3 Å². The molecule has 0 aliphatic carbocycles. The fourth-order valence-corrected chi connectivity index (χ4v) is 2.84. The average Bonchev–Trinajstić information content (AvgIpc) is 2.40. The molecule has 0 radical (unpaired) electrons. The van der Waals surface area contributed by atoms with Crippen molar-refractivity contribution in [3.05, 3.63) is 35.9 Å². The SMILES string of the molecule is CCSCCC(C)NC(=O)C(S)Cc1ccccc1. The molecule has 0 spiro atoms. The lowest BCUT2D eigenvalue weighted by atomic mass is 10.1. The van der Waals surface area contributed by atoms with Crippen LogP contribution in [-0.4, -0.2) is 28.7 Å². The minimum atomic E-state index is -0.274. The molecule has 1 aromatic carbocycles. The average molecular weight is 297 g/mol. The van der Waals surface area contributed by atoms with Crippen LogP contribution in [0.1, 0.15) is 25.8 Å². The normalized spacial score (nSPS) is 13.8. The molecule has 0 aromatic heterocycles. The summed E-state index contributed by atoms with van der Waals surface area (Å²) in [5.41, 5.74) is 1.15. The first kappa shape index (κ1) is 16.4. The highest BCUT2D eigenvalue weighted by molar-refractivity contribution is 7.99. The first-order chi connectivity index (χ1) is 9.13. The number of thiol groups is 1. The molecule has 0 saturated heterocycles. The van der Waals surface area contributed by atoms with E-state index in [1.807, 2.05) is 42.1 Å². The van der Waals surface area contributed by atoms with Crippen molar-refractivity contribution in [3.63, 3.8) is 0 Å². The molecule has 106 valence electrons. The number of hydrogen-bond acceptors (Lipinski definition) is 3. The number of hydrogen-bond donors (Lipinski definition) is 2. The predicted molar refractivity (Wildman–Crippen MR) is 88.1 cm³/mol. The van der Waals surface area contributed by atoms with Crippen molar-refractivity contribution in [1.29, 1.82) is 0 Å². The quantitative estimate of drug-likeness (QED) is 0.570. The van der Waals surface area contributed by atoms with E-state index in [9.17, 15) is 4.79 Å². The number of benzene rings is 1. The Morgan fingerprint density at radius 3 is 2.68 bits per heavy atom. The van der Waals surface area contributed by atoms with E-state index < -0.39 is 0 Å². The molecule has 0 aliphatic rings. The molecule has 2 nitrogen and oxygen atoms in total. The lowest BCUT2D eigenvalue weighted by Gasteiger charge is -2.17. The summed E-state index contributed by atoms with van der Waals surface area (Å²) in [7, 11) is 0. The molecule has 4 heteroatoms. The molecule has 0 bridgehead atoms. The van der Waals surface area contributed by atoms with Crippen molar-refractivity contribution in [2.45, 2.75) is 38.0 Å². The van der Waals surface area contributed by atoms with Crippen molar-refractivity contribution < 1.29 is 4.79 Å². The van der Waals surface area contributed by atoms with Gasteiger partial charge in [-0.1, -0.05) is 37.3 Å². The lowest BCUT2D eigenvalue weighted by molar-refractivity contribution is -0.121. The first-order valence-corrected chi connectivity index (χ1v) is 8.40. The van der Waals surface area contributed by atoms with Gasteiger partial charge < -0.3 is 5.32 Å². The van der Waals surface area contributed by atoms with Crippen LogP contribution in [-0.2, 0) is 11.2 Å². The molecule has 0 heterocycles. The second kappa shape index (κ2) is 9.32. The van der Waals surface area contributed by atoms with E-state index in [2.05, 4.69) is 31.8 Å². The zero-order valence-electron chi connectivity index (χ0n) is 11.6. The zero-order chi connectivity index (χ0) is 14.1. The third-order valence-electron chi connectivity index (χ3n) is 2.86. The van der Waals surface area contributed by atoms with E-state index in [-0.39, 0.29) is 17.2 Å². The first-order valence-electron chi connectivity index (χ1n) is 6.73. The van der Waals surface area contributed by atoms with Crippen LogP contribution >= 0.6 is 24.4 Å². The van der Waals surface area contributed by atoms with Crippen LogP contribution < -0.4 is 5.32 Å². The molecule has 1 N–H and O–H groups in total. The summed E-state index contributed by atoms with van der Waals surface area (Å²) in [6.07, 6.45) is 1.68. The van der Waals surface area contributed by atoms with E-state index in [4.69, 9.17) is 0 Å². The van der Waals surface area contributed by atoms with Gasteiger partial charge in [-0.2, -0.15) is 24.4 Å². The highest BCUT2D eigenvalue weighted by atomic mass is 32.2. The third kappa shape index (κ3) is 6.92. The van der Waals surface area contributed by atoms with Crippen LogP contribution in [0.2, 0.25) is 0 Å². The zero-order valence-corrected chi connectivity index (χ0v) is 13.3. The number of amides is 1. The molecule has 1 amide bonds. The van der Waals surface area contributed by atoms with Crippen LogP contribution in [0.25, 0.3) is 0 Å². The number of thioether (sulfide) groups is 1. The second-order valence-electron chi connectivity index (χ2n) is 4.60. The van der Waals surface area contributed by atoms with Crippen LogP contribution in [0.3, 0.4) is 0 Å². The van der Waals surface area contributed by atoms with Gasteiger partial charge in [0.05, 0.1) is 5.25 Å². The molecule has 0 aliphatic heterocycles. The van der Waals surface area contributed by atoms with E-state index in [0.717, 1.165) is 23.5 Å². The van der Waals surface area contributed by atoms with Crippen LogP contribution in [0, 0.1) is 0 Å². The number of nitrogens with one attached hydrogen (secondary N) is 1. The molecule has 0 saturated carbocycles. The van der Waals surface area contributed by atoms with E-state index in [1.165, 1.54) is 0 Å². The van der Waals surface area contributed by atoms with Crippen molar-refractivity contribution in [2.24, 2.45) is 0 Å². The molecule has 0 fully saturated rings. The van der Waals surface area contributed by atoms with Crippen LogP contribution in [0.15, 0.2) is 30.3 Å². The summed E-state index contributed by atoms with van der Waals surface area (Å²) in [5, 5.41) is 2.76. The molecular weight excluding hydrogens is 274 g/mol. The van der Waals surface area contributed by atoms with Crippen LogP contribution in [0.4, 0.5) is 0 Å². The monoisotopic (exact) mass is 297 g/mol. The van der Waals surface area contributed by atoms with Crippen molar-refractivity contribution in [1.82, 2.24) is 5.32 Å². The van der Waals surface area contributed by atoms with Gasteiger partial charge >= 0.3 is 0 Å². The maximum atomic E-state index is 12.0. The number of carbonyl (C=O) groups excluding carboxylic acids is 1. The maximum absolute atomic E-state index is 12.0. The van der Waals surface area contributed by atoms with Gasteiger partial charge in [-0.05, 0) is 36.8 Å². The fraction of sp³-hybridized carbons (Fsp3) is 0.533. The Balaban J connectivity index is 2.32. The van der Waals surface area contributed by atoms with E-state index in [1.54, 1.807) is 0 Å². The summed E-state index contributed by atoms with van der Waals surface area (Å²) in [5.74, 6) is 2.25. The maximum Gasteiger partial charge on any atom is 0.233 e. The summed E-state index contributed by atoms with van der Waals surface area (Å²) in [4.78, 5) is 12.0. The van der Waals surface area contributed by atoms with Crippen LogP contribution in [0.5, 0.6) is 0 Å². The smallest absolute Gasteiger partial charge is 0.233 e. The van der Waals surface area contributed by atoms with Gasteiger partial charge in [0.25, 0.3) is 0 Å². The number of rotatable bonds is 8. The molecule has 19 heavy (non-hydrogen) atoms. The van der Waals surface area contributed by atoms with Gasteiger partial charge in [0.1, 0.15) is 0 Å². The topological polar surface area (TPSA) is 29.1 Å². The van der Waals surface area contributed by atoms with Crippen molar-refractivity contribution in [3.8, 4) is 0 Å². The van der Waals surface area contributed by atoms with E-state index >= 15 is 0 Å². The Bertz CT molecular complexity index is 370. The summed E-state index contributed by atoms with van der Waals surface area (Å²) in [6.45, 7) is 4.20. The third-order valence-corrected chi connectivity index (χ3v) is 4.21. The highest BCUT2D eigenvalue weighted by Crippen LogP contribution is 2.09. The van der Waals surface area contributed by atoms with Gasteiger partial charge in [0.2, 0.25) is 5.91 Å². The van der Waals surface area contributed by atoms with Gasteiger partial charge in [0.15, 0.2) is 0 Å². The Morgan fingerprint density at radius 1 is 1.37 bits per heavy atom. The largest absolute Gasteiger partial charge is 0.353 e. The minimum absolute atomic E-state index is 0.0289. The number of carbonyl (C=O) groups is 1. The van der Waals surface area contributed by atoms with Gasteiger partial charge in [-0.15, -0.1) is 0 Å². The van der Waals surface area contributed by atoms with E-state index in [0.29, 0.717) is 6.42 Å². The van der Waals surface area contributed by atoms with Gasteiger partial charge in [0, 0.05) is 6.04 Å². The molecule has 1 rings (SSSR count). The Labute approximate surface area is 126 Å². The standard InChI is InChI=1S/C15H23NOS2/c1-3-19-10-9-12(2)16-15(17)14(18)11-13-7-5-4-6-8-13/h4-8,12,14,18H,3,9-11H2,1-2H3,(H,16,17). The highest BCUT2D eigenvalue weighted by Gasteiger charge is 2.16. The Morgan fingerprint density at radius 2 is 2.05 bits per heavy atom. The fourth-order valence-electron chi connectivity index (χ4n) is 1.75. The molecule has 2 unspecified atom stereocenters. The Hall–Kier alpha value is -0.610. The Kier molecular flexibility index (Phi) is 8.07. The van der Waals surface area contributed by atoms with Crippen molar-refractivity contribution in [2.75, 3.05) is 11.5 Å². The summed E-state index contributed by atoms with van der Waals surface area (Å²) < 4.78 is 0.